The predicted octanol–water partition coefficient (Wildman–Crippen LogP) is 1.64. The van der Waals surface area contributed by atoms with Crippen LogP contribution in [0.15, 0.2) is 0 Å². The molecule has 3 heteroatoms. The number of nitrogens with one attached hydrogen (secondary N) is 1. The van der Waals surface area contributed by atoms with E-state index in [0.717, 1.165) is 6.42 Å². The largest absolute Gasteiger partial charge is 0.296 e. The molecule has 1 aliphatic carbocycles. The van der Waals surface area contributed by atoms with Crippen LogP contribution in [0.3, 0.4) is 0 Å². The molecule has 2 fully saturated rings. The van der Waals surface area contributed by atoms with E-state index in [9.17, 15) is 0 Å². The van der Waals surface area contributed by atoms with Crippen LogP contribution >= 0.6 is 0 Å². The van der Waals surface area contributed by atoms with Crippen LogP contribution in [0.5, 0.6) is 0 Å². The molecule has 1 saturated heterocycles. The fraction of sp³-hybridized carbons (Fsp3) is 1.00. The smallest absolute Gasteiger partial charge is 0.0392 e. The second-order valence-corrected chi connectivity index (χ2v) is 5.13. The zero-order valence-corrected chi connectivity index (χ0v) is 9.97. The van der Waals surface area contributed by atoms with E-state index in [1.165, 1.54) is 51.6 Å². The molecule has 1 heterocycles. The van der Waals surface area contributed by atoms with Crippen LogP contribution in [-0.2, 0) is 0 Å². The molecule has 0 aromatic carbocycles. The summed E-state index contributed by atoms with van der Waals surface area (Å²) in [4.78, 5) is 2.72. The third-order valence-electron chi connectivity index (χ3n) is 4.46. The molecular weight excluding hydrogens is 186 g/mol. The molecule has 1 aliphatic heterocycles. The number of nitrogens with zero attached hydrogens (tertiary/aromatic N) is 1. The van der Waals surface area contributed by atoms with E-state index < -0.39 is 0 Å². The van der Waals surface area contributed by atoms with Crippen molar-refractivity contribution in [1.82, 2.24) is 10.3 Å². The summed E-state index contributed by atoms with van der Waals surface area (Å²) in [5, 5.41) is 0. The quantitative estimate of drug-likeness (QED) is 0.548. The number of hydrazine groups is 1. The summed E-state index contributed by atoms with van der Waals surface area (Å²) in [6.07, 6.45) is 9.35. The summed E-state index contributed by atoms with van der Waals surface area (Å²) < 4.78 is 0. The minimum atomic E-state index is 0.389. The van der Waals surface area contributed by atoms with Gasteiger partial charge < -0.3 is 0 Å². The monoisotopic (exact) mass is 211 g/mol. The van der Waals surface area contributed by atoms with Crippen molar-refractivity contribution in [2.24, 2.45) is 5.84 Å². The predicted molar refractivity (Wildman–Crippen MR) is 63.4 cm³/mol. The van der Waals surface area contributed by atoms with Gasteiger partial charge in [-0.3, -0.25) is 16.2 Å². The SMILES string of the molecule is CCC(NN)C1(N2CCCC2)CCCC1. The molecule has 0 spiro atoms. The molecule has 2 rings (SSSR count). The van der Waals surface area contributed by atoms with Crippen molar-refractivity contribution in [1.29, 1.82) is 0 Å². The molecule has 0 aromatic rings. The molecule has 3 N–H and O–H groups in total. The van der Waals surface area contributed by atoms with Gasteiger partial charge in [0.2, 0.25) is 0 Å². The van der Waals surface area contributed by atoms with Gasteiger partial charge in [0, 0.05) is 11.6 Å². The van der Waals surface area contributed by atoms with Crippen LogP contribution in [0.1, 0.15) is 51.9 Å². The fourth-order valence-corrected chi connectivity index (χ4v) is 3.69. The summed E-state index contributed by atoms with van der Waals surface area (Å²) in [5.41, 5.74) is 3.46. The molecule has 1 saturated carbocycles. The highest BCUT2D eigenvalue weighted by atomic mass is 15.3. The summed E-state index contributed by atoms with van der Waals surface area (Å²) >= 11 is 0. The highest BCUT2D eigenvalue weighted by molar-refractivity contribution is 5.03. The lowest BCUT2D eigenvalue weighted by Crippen LogP contribution is -2.60. The lowest BCUT2D eigenvalue weighted by Gasteiger charge is -2.44. The molecule has 2 aliphatic rings. The van der Waals surface area contributed by atoms with Gasteiger partial charge in [-0.2, -0.15) is 0 Å². The minimum absolute atomic E-state index is 0.389. The zero-order chi connectivity index (χ0) is 10.7. The maximum Gasteiger partial charge on any atom is 0.0392 e. The number of hydrogen-bond donors (Lipinski definition) is 2. The molecule has 0 amide bonds. The Hall–Kier alpha value is -0.120. The third-order valence-corrected chi connectivity index (χ3v) is 4.46. The maximum absolute atomic E-state index is 5.74. The number of rotatable bonds is 4. The van der Waals surface area contributed by atoms with Crippen LogP contribution in [0.4, 0.5) is 0 Å². The van der Waals surface area contributed by atoms with Gasteiger partial charge in [-0.1, -0.05) is 19.8 Å². The molecule has 88 valence electrons. The maximum atomic E-state index is 5.74. The first kappa shape index (κ1) is 11.4. The standard InChI is InChI=1S/C12H25N3/c1-2-11(14-13)12(7-3-4-8-12)15-9-5-6-10-15/h11,14H,2-10,13H2,1H3. The molecule has 3 nitrogen and oxygen atoms in total. The van der Waals surface area contributed by atoms with Gasteiger partial charge in [0.25, 0.3) is 0 Å². The highest BCUT2D eigenvalue weighted by Gasteiger charge is 2.45. The number of hydrogen-bond acceptors (Lipinski definition) is 3. The van der Waals surface area contributed by atoms with Crippen LogP contribution in [-0.4, -0.2) is 29.6 Å². The first-order valence-corrected chi connectivity index (χ1v) is 6.54. The van der Waals surface area contributed by atoms with E-state index in [0.29, 0.717) is 11.6 Å². The van der Waals surface area contributed by atoms with E-state index in [1.807, 2.05) is 0 Å². The third kappa shape index (κ3) is 1.93. The molecule has 1 atom stereocenters. The first-order valence-electron chi connectivity index (χ1n) is 6.54. The first-order chi connectivity index (χ1) is 7.33. The normalized spacial score (nSPS) is 28.4. The van der Waals surface area contributed by atoms with Crippen molar-refractivity contribution in [2.75, 3.05) is 13.1 Å². The van der Waals surface area contributed by atoms with Gasteiger partial charge in [-0.25, -0.2) is 0 Å². The zero-order valence-electron chi connectivity index (χ0n) is 9.97. The van der Waals surface area contributed by atoms with Gasteiger partial charge in [0.1, 0.15) is 0 Å². The van der Waals surface area contributed by atoms with Crippen molar-refractivity contribution in [3.63, 3.8) is 0 Å². The van der Waals surface area contributed by atoms with Gasteiger partial charge in [0.05, 0.1) is 0 Å². The van der Waals surface area contributed by atoms with Crippen LogP contribution in [0.25, 0.3) is 0 Å². The van der Waals surface area contributed by atoms with Gasteiger partial charge in [-0.15, -0.1) is 0 Å². The molecule has 0 radical (unpaired) electrons. The van der Waals surface area contributed by atoms with Gasteiger partial charge >= 0.3 is 0 Å². The summed E-state index contributed by atoms with van der Waals surface area (Å²) in [6, 6.07) is 0.484. The van der Waals surface area contributed by atoms with E-state index in [1.54, 1.807) is 0 Å². The number of nitrogens with two attached hydrogens (primary N) is 1. The lowest BCUT2D eigenvalue weighted by atomic mass is 9.85. The average Bonchev–Trinajstić information content (AvgIpc) is 2.90. The van der Waals surface area contributed by atoms with E-state index in [-0.39, 0.29) is 0 Å². The van der Waals surface area contributed by atoms with Crippen LogP contribution < -0.4 is 11.3 Å². The van der Waals surface area contributed by atoms with Crippen molar-refractivity contribution in [2.45, 2.75) is 63.5 Å². The Morgan fingerprint density at radius 2 is 1.80 bits per heavy atom. The second kappa shape index (κ2) is 4.81. The molecule has 0 aromatic heterocycles. The Bertz CT molecular complexity index is 185. The summed E-state index contributed by atoms with van der Waals surface area (Å²) in [5.74, 6) is 5.74. The van der Waals surface area contributed by atoms with E-state index >= 15 is 0 Å². The molecule has 15 heavy (non-hydrogen) atoms. The van der Waals surface area contributed by atoms with Crippen molar-refractivity contribution < 1.29 is 0 Å². The van der Waals surface area contributed by atoms with E-state index in [2.05, 4.69) is 17.2 Å². The Labute approximate surface area is 93.4 Å². The van der Waals surface area contributed by atoms with Crippen molar-refractivity contribution >= 4 is 0 Å². The van der Waals surface area contributed by atoms with Gasteiger partial charge in [-0.05, 0) is 45.2 Å². The highest BCUT2D eigenvalue weighted by Crippen LogP contribution is 2.40. The Balaban J connectivity index is 2.14. The Morgan fingerprint density at radius 3 is 2.27 bits per heavy atom. The topological polar surface area (TPSA) is 41.3 Å². The van der Waals surface area contributed by atoms with Gasteiger partial charge in [0.15, 0.2) is 0 Å². The average molecular weight is 211 g/mol. The number of likely N-dealkylation sites (tertiary alicyclic amines) is 1. The Morgan fingerprint density at radius 1 is 1.20 bits per heavy atom. The molecule has 0 bridgehead atoms. The lowest BCUT2D eigenvalue weighted by molar-refractivity contribution is 0.0750. The van der Waals surface area contributed by atoms with E-state index in [4.69, 9.17) is 5.84 Å². The van der Waals surface area contributed by atoms with Crippen LogP contribution in [0.2, 0.25) is 0 Å². The van der Waals surface area contributed by atoms with Crippen LogP contribution in [0, 0.1) is 0 Å². The summed E-state index contributed by atoms with van der Waals surface area (Å²) in [7, 11) is 0. The Kier molecular flexibility index (Phi) is 3.65. The minimum Gasteiger partial charge on any atom is -0.296 e. The second-order valence-electron chi connectivity index (χ2n) is 5.13. The fourth-order valence-electron chi connectivity index (χ4n) is 3.69. The van der Waals surface area contributed by atoms with Crippen molar-refractivity contribution in [3.8, 4) is 0 Å². The molecular formula is C12H25N3. The molecule has 1 unspecified atom stereocenters. The van der Waals surface area contributed by atoms with Crippen molar-refractivity contribution in [3.05, 3.63) is 0 Å². The summed E-state index contributed by atoms with van der Waals surface area (Å²) in [6.45, 7) is 4.83.